The molecule has 4 aromatic rings. The molecule has 121 heavy (non-hydrogen) atoms. The van der Waals surface area contributed by atoms with Crippen molar-refractivity contribution in [2.24, 2.45) is 49.0 Å². The van der Waals surface area contributed by atoms with Gasteiger partial charge in [-0.05, 0) is 87.3 Å². The number of thioether (sulfide) groups is 2. The van der Waals surface area contributed by atoms with Crippen molar-refractivity contribution in [2.75, 3.05) is 129 Å². The third-order valence-corrected chi connectivity index (χ3v) is 22.1. The van der Waals surface area contributed by atoms with E-state index in [9.17, 15) is 87.5 Å². The van der Waals surface area contributed by atoms with Crippen molar-refractivity contribution in [3.8, 4) is 0 Å². The molecule has 0 saturated carbocycles. The molecule has 2 aromatic heterocycles. The maximum atomic E-state index is 13.5. The SMILES string of the molecule is CC[C@H](C)[C@H](NC(=O)COCCOCCOC)C(=O)N[C@@H](CC(=O)O)C(=O)NCC(=O)N[C@@H](CCCN=C(C)N)C(=O)Nc1ccc2nc(C3=N[C@@H](C(=O)O)CS3)sc2c1.CC[C@H](C)[C@H](NC(=O)COCCOCCOC)C(=O)N[C@@H](CCC(=O)O)C(=O)NCC(=O)N[C@@H](CCCN=C(N)N)C(=O)Nc1ccc2nc(C3=N[C@@H](C(=O)O)CS3)sc2c1. The zero-order valence-corrected chi connectivity index (χ0v) is 71.2. The van der Waals surface area contributed by atoms with Crippen LogP contribution in [0.25, 0.3) is 20.4 Å². The Kier molecular flexibility index (Phi) is 44.9. The number of ether oxygens (including phenoxy) is 6. The van der Waals surface area contributed by atoms with Crippen molar-refractivity contribution in [2.45, 2.75) is 141 Å². The van der Waals surface area contributed by atoms with E-state index in [1.165, 1.54) is 60.4 Å². The summed E-state index contributed by atoms with van der Waals surface area (Å²) in [7, 11) is 3.07. The number of thiazole rings is 2. The Morgan fingerprint density at radius 3 is 1.29 bits per heavy atom. The van der Waals surface area contributed by atoms with Gasteiger partial charge >= 0.3 is 23.9 Å². The van der Waals surface area contributed by atoms with Crippen LogP contribution < -0.4 is 70.4 Å². The fourth-order valence-electron chi connectivity index (χ4n) is 10.9. The molecule has 0 saturated heterocycles. The number of aromatic nitrogens is 2. The number of hydrogen-bond acceptors (Lipinski definition) is 30. The first-order valence-corrected chi connectivity index (χ1v) is 42.0. The van der Waals surface area contributed by atoms with Gasteiger partial charge in [-0.1, -0.05) is 40.5 Å². The number of anilines is 2. The maximum absolute atomic E-state index is 13.5. The molecule has 2 aromatic carbocycles. The van der Waals surface area contributed by atoms with Gasteiger partial charge in [0.05, 0.1) is 98.6 Å². The summed E-state index contributed by atoms with van der Waals surface area (Å²) in [5, 5.41) is 65.1. The van der Waals surface area contributed by atoms with E-state index in [0.29, 0.717) is 115 Å². The molecule has 2 aliphatic heterocycles. The molecule has 0 bridgehead atoms. The number of guanidine groups is 1. The van der Waals surface area contributed by atoms with Crippen molar-refractivity contribution in [1.82, 2.24) is 52.5 Å². The Labute approximate surface area is 712 Å². The van der Waals surface area contributed by atoms with Crippen LogP contribution in [-0.2, 0) is 95.5 Å². The minimum Gasteiger partial charge on any atom is -0.481 e. The summed E-state index contributed by atoms with van der Waals surface area (Å²) < 4.78 is 32.3. The molecule has 10 amide bonds. The fourth-order valence-corrected chi connectivity index (χ4v) is 15.1. The van der Waals surface area contributed by atoms with Crippen LogP contribution in [0, 0.1) is 11.8 Å². The second-order valence-electron chi connectivity index (χ2n) is 27.2. The summed E-state index contributed by atoms with van der Waals surface area (Å²) >= 11 is 5.15. The first-order valence-electron chi connectivity index (χ1n) is 38.4. The molecule has 0 spiro atoms. The number of amides is 10. The number of methoxy groups -OCH3 is 2. The highest BCUT2D eigenvalue weighted by molar-refractivity contribution is 8.15. The quantitative estimate of drug-likeness (QED) is 0.0151. The second kappa shape index (κ2) is 53.9. The van der Waals surface area contributed by atoms with E-state index in [1.807, 2.05) is 0 Å². The zero-order chi connectivity index (χ0) is 89.1. The first kappa shape index (κ1) is 101. The van der Waals surface area contributed by atoms with E-state index >= 15 is 0 Å². The van der Waals surface area contributed by atoms with Gasteiger partial charge < -0.3 is 119 Å². The lowest BCUT2D eigenvalue weighted by Gasteiger charge is -2.26. The third-order valence-electron chi connectivity index (χ3n) is 17.6. The number of nitrogens with one attached hydrogen (secondary N) is 10. The van der Waals surface area contributed by atoms with Gasteiger partial charge in [0.1, 0.15) is 69.6 Å². The number of rotatable bonds is 55. The number of aliphatic carboxylic acids is 4. The average molecular weight is 1780 g/mol. The Morgan fingerprint density at radius 2 is 0.901 bits per heavy atom. The predicted octanol–water partition coefficient (Wildman–Crippen LogP) is -0.494. The molecule has 43 nitrogen and oxygen atoms in total. The van der Waals surface area contributed by atoms with E-state index in [1.54, 1.807) is 71.0 Å². The highest BCUT2D eigenvalue weighted by Gasteiger charge is 2.35. The normalized spacial score (nSPS) is 15.6. The summed E-state index contributed by atoms with van der Waals surface area (Å²) in [6, 6.07) is 0.775. The minimum atomic E-state index is -1.62. The number of carbonyl (C=O) groups excluding carboxylic acids is 10. The summed E-state index contributed by atoms with van der Waals surface area (Å²) in [6.07, 6.45) is 0.0897. The van der Waals surface area contributed by atoms with Gasteiger partial charge in [-0.25, -0.2) is 19.6 Å². The summed E-state index contributed by atoms with van der Waals surface area (Å²) in [4.78, 5) is 203. The van der Waals surface area contributed by atoms with Gasteiger partial charge in [0.25, 0.3) is 0 Å². The summed E-state index contributed by atoms with van der Waals surface area (Å²) in [6.45, 7) is 9.15. The number of carboxylic acid groups (broad SMARTS) is 4. The molecule has 0 fully saturated rings. The number of nitrogens with two attached hydrogens (primary N) is 3. The molecule has 0 radical (unpaired) electrons. The van der Waals surface area contributed by atoms with E-state index in [0.717, 1.165) is 0 Å². The van der Waals surface area contributed by atoms with Gasteiger partial charge in [0, 0.05) is 56.6 Å². The Morgan fingerprint density at radius 1 is 0.496 bits per heavy atom. The monoisotopic (exact) mass is 1770 g/mol. The molecular formula is C74H107N19O24S4. The number of aliphatic imine (C=N–C) groups is 4. The van der Waals surface area contributed by atoms with Crippen LogP contribution >= 0.6 is 46.2 Å². The Hall–Kier alpha value is -10.7. The van der Waals surface area contributed by atoms with Crippen LogP contribution in [0.5, 0.6) is 0 Å². The van der Waals surface area contributed by atoms with Crippen LogP contribution in [-0.4, -0.2) is 302 Å². The van der Waals surface area contributed by atoms with Crippen molar-refractivity contribution >= 4 is 183 Å². The van der Waals surface area contributed by atoms with Crippen molar-refractivity contribution in [3.63, 3.8) is 0 Å². The highest BCUT2D eigenvalue weighted by Crippen LogP contribution is 2.33. The number of nitrogens with zero attached hydrogens (tertiary/aromatic N) is 6. The fraction of sp³-hybridized carbons (Fsp3) is 0.568. The van der Waals surface area contributed by atoms with Gasteiger partial charge in [-0.15, -0.1) is 46.2 Å². The van der Waals surface area contributed by atoms with Crippen molar-refractivity contribution in [3.05, 3.63) is 46.4 Å². The third kappa shape index (κ3) is 37.1. The highest BCUT2D eigenvalue weighted by atomic mass is 32.2. The van der Waals surface area contributed by atoms with Gasteiger partial charge in [-0.2, -0.15) is 0 Å². The first-order chi connectivity index (χ1) is 57.7. The lowest BCUT2D eigenvalue weighted by atomic mass is 9.97. The molecule has 4 heterocycles. The molecule has 47 heteroatoms. The molecule has 666 valence electrons. The number of benzene rings is 2. The van der Waals surface area contributed by atoms with Crippen LogP contribution in [0.3, 0.4) is 0 Å². The smallest absolute Gasteiger partial charge is 0.329 e. The zero-order valence-electron chi connectivity index (χ0n) is 67.9. The van der Waals surface area contributed by atoms with E-state index < -0.39 is 169 Å². The predicted molar refractivity (Wildman–Crippen MR) is 451 cm³/mol. The molecule has 0 aliphatic carbocycles. The van der Waals surface area contributed by atoms with Gasteiger partial charge in [0.15, 0.2) is 18.0 Å². The van der Waals surface area contributed by atoms with E-state index in [4.69, 9.17) is 45.6 Å². The van der Waals surface area contributed by atoms with E-state index in [-0.39, 0.29) is 84.4 Å². The molecular weight excluding hydrogens is 1670 g/mol. The lowest BCUT2D eigenvalue weighted by Crippen LogP contribution is -2.57. The largest absolute Gasteiger partial charge is 0.481 e. The minimum absolute atomic E-state index is 0.0876. The van der Waals surface area contributed by atoms with Crippen LogP contribution in [0.1, 0.15) is 102 Å². The summed E-state index contributed by atoms with van der Waals surface area (Å²) in [5.74, 6) is -12.1. The van der Waals surface area contributed by atoms with Crippen molar-refractivity contribution in [1.29, 1.82) is 0 Å². The molecule has 2 aliphatic rings. The van der Waals surface area contributed by atoms with Gasteiger partial charge in [0.2, 0.25) is 59.1 Å². The maximum Gasteiger partial charge on any atom is 0.329 e. The summed E-state index contributed by atoms with van der Waals surface area (Å²) in [5.41, 5.74) is 18.5. The van der Waals surface area contributed by atoms with Gasteiger partial charge in [-0.3, -0.25) is 77.5 Å². The standard InChI is InChI=1S/C37H54N10O12S2.C37H53N9O12S2/c1-4-20(2)30(47-28(49)18-59-15-14-58-13-12-57-3)33(54)44-24(9-10-29(50)51)31(52)41-17-27(48)43-23(6-5-11-40-37(38)39)32(53)42-21-7-8-22-26(16-21)61-35(45-22)34-46-25(19-60-34)36(55)56;1-5-20(2)31(46-29(48)18-58-14-13-57-12-11-56-4)34(53)43-25(16-30(49)50)32(51)40-17-28(47)42-24(7-6-10-39-21(3)38)33(52)41-22-8-9-23-27(15-22)60-36(44-23)35-45-26(19-59-35)37(54)55/h7-8,16,20,23-25,30H,4-6,9-15,17-19H2,1-3H3,(H,41,52)(H,42,53)(H,43,48)(H,44,54)(H,47,49)(H,50,51)(H,55,56)(H4,38,39,40);8-9,15,20,24-26,31H,5-7,10-14,16-19H2,1-4H3,(H2,38,39)(H,40,51)(H,41,52)(H,42,47)(H,43,53)(H,46,48)(H,49,50)(H,54,55)/t20-,23-,24-,25+,30-;20-,24-,25-,26+,31-/m00/s1. The Bertz CT molecular complexity index is 4330. The number of amidine groups is 1. The van der Waals surface area contributed by atoms with Crippen LogP contribution in [0.4, 0.5) is 11.4 Å². The van der Waals surface area contributed by atoms with Crippen LogP contribution in [0.15, 0.2) is 56.4 Å². The molecule has 0 unspecified atom stereocenters. The number of carbonyl (C=O) groups is 14. The Balaban J connectivity index is 0.000000430. The molecule has 10 atom stereocenters. The second-order valence-corrected chi connectivity index (χ2v) is 31.3. The topological polar surface area (TPSA) is 649 Å². The molecule has 6 rings (SSSR count). The average Bonchev–Trinajstić information content (AvgIpc) is 1.66. The van der Waals surface area contributed by atoms with E-state index in [2.05, 4.69) is 83.1 Å². The number of fused-ring (bicyclic) bond motifs is 2. The lowest BCUT2D eigenvalue weighted by molar-refractivity contribution is -0.141. The molecule has 20 N–H and O–H groups in total. The number of hydrogen-bond donors (Lipinski definition) is 17. The van der Waals surface area contributed by atoms with Crippen LogP contribution in [0.2, 0.25) is 0 Å². The van der Waals surface area contributed by atoms with Crippen molar-refractivity contribution < 1.29 is 116 Å². The number of carboxylic acids is 4.